The second-order valence-electron chi connectivity index (χ2n) is 6.35. The highest BCUT2D eigenvalue weighted by Gasteiger charge is 2.37. The van der Waals surface area contributed by atoms with Gasteiger partial charge < -0.3 is 0 Å². The van der Waals surface area contributed by atoms with Gasteiger partial charge in [-0.05, 0) is 12.1 Å². The predicted octanol–water partition coefficient (Wildman–Crippen LogP) is 4.68. The van der Waals surface area contributed by atoms with Crippen LogP contribution in [0.4, 0.5) is 0 Å². The summed E-state index contributed by atoms with van der Waals surface area (Å²) in [6.07, 6.45) is 8.51. The van der Waals surface area contributed by atoms with Gasteiger partial charge in [-0.25, -0.2) is 0 Å². The molecule has 1 saturated heterocycles. The van der Waals surface area contributed by atoms with Gasteiger partial charge in [0, 0.05) is 12.8 Å². The fraction of sp³-hybridized carbons (Fsp3) is 0.611. The van der Waals surface area contributed by atoms with Crippen molar-refractivity contribution in [2.24, 2.45) is 0 Å². The number of benzene rings is 1. The Labute approximate surface area is 124 Å². The minimum atomic E-state index is -1.38. The zero-order valence-electron chi connectivity index (χ0n) is 12.9. The van der Waals surface area contributed by atoms with Gasteiger partial charge in [-0.3, -0.25) is 4.79 Å². The Balaban J connectivity index is 1.99. The predicted molar refractivity (Wildman–Crippen MR) is 89.3 cm³/mol. The van der Waals surface area contributed by atoms with Crippen molar-refractivity contribution in [3.8, 4) is 0 Å². The van der Waals surface area contributed by atoms with Gasteiger partial charge in [0.1, 0.15) is 5.78 Å². The molecule has 0 N–H and O–H groups in total. The lowest BCUT2D eigenvalue weighted by molar-refractivity contribution is -0.118. The Kier molecular flexibility index (Phi) is 6.02. The van der Waals surface area contributed by atoms with Crippen LogP contribution < -0.4 is 5.19 Å². The van der Waals surface area contributed by atoms with E-state index in [1.807, 2.05) is 0 Å². The Hall–Kier alpha value is -0.893. The smallest absolute Gasteiger partial charge is 0.132 e. The van der Waals surface area contributed by atoms with Crippen LogP contribution in [0.15, 0.2) is 30.3 Å². The van der Waals surface area contributed by atoms with Crippen LogP contribution in [0.1, 0.15) is 51.9 Å². The molecule has 0 spiro atoms. The van der Waals surface area contributed by atoms with E-state index in [1.54, 1.807) is 5.19 Å². The normalized spacial score (nSPS) is 18.1. The largest absolute Gasteiger partial charge is 0.300 e. The molecule has 0 aliphatic carbocycles. The first kappa shape index (κ1) is 15.5. The molecule has 0 bridgehead atoms. The Morgan fingerprint density at radius 1 is 0.950 bits per heavy atom. The van der Waals surface area contributed by atoms with Gasteiger partial charge in [-0.15, -0.1) is 0 Å². The van der Waals surface area contributed by atoms with E-state index in [4.69, 9.17) is 0 Å². The van der Waals surface area contributed by atoms with E-state index in [9.17, 15) is 4.79 Å². The summed E-state index contributed by atoms with van der Waals surface area (Å²) < 4.78 is 0. The molecule has 2 rings (SSSR count). The summed E-state index contributed by atoms with van der Waals surface area (Å²) in [6.45, 7) is 2.27. The first-order valence-corrected chi connectivity index (χ1v) is 11.0. The number of carbonyl (C=O) groups is 1. The lowest BCUT2D eigenvalue weighted by Gasteiger charge is -2.35. The van der Waals surface area contributed by atoms with Crippen molar-refractivity contribution < 1.29 is 4.79 Å². The molecular formula is C18H28OSi. The summed E-state index contributed by atoms with van der Waals surface area (Å²) in [5.41, 5.74) is 0. The van der Waals surface area contributed by atoms with Crippen LogP contribution in [0.3, 0.4) is 0 Å². The van der Waals surface area contributed by atoms with Gasteiger partial charge in [0.2, 0.25) is 0 Å². The maximum atomic E-state index is 11.6. The van der Waals surface area contributed by atoms with Crippen LogP contribution in [0.25, 0.3) is 0 Å². The monoisotopic (exact) mass is 288 g/mol. The molecule has 0 amide bonds. The van der Waals surface area contributed by atoms with Crippen molar-refractivity contribution in [3.05, 3.63) is 30.3 Å². The molecule has 0 radical (unpaired) electrons. The van der Waals surface area contributed by atoms with E-state index in [0.29, 0.717) is 5.78 Å². The van der Waals surface area contributed by atoms with Gasteiger partial charge >= 0.3 is 0 Å². The molecule has 1 aliphatic rings. The highest BCUT2D eigenvalue weighted by atomic mass is 28.3. The van der Waals surface area contributed by atoms with Gasteiger partial charge in [-0.2, -0.15) is 0 Å². The third kappa shape index (κ3) is 4.05. The van der Waals surface area contributed by atoms with Crippen LogP contribution in [0.5, 0.6) is 0 Å². The number of Topliss-reactive ketones (excluding diaryl/α,β-unsaturated/α-hetero) is 1. The number of hydrogen-bond donors (Lipinski definition) is 0. The summed E-state index contributed by atoms with van der Waals surface area (Å²) in [5.74, 6) is 0.495. The lowest BCUT2D eigenvalue weighted by Crippen LogP contribution is -2.50. The van der Waals surface area contributed by atoms with Crippen LogP contribution in [0.2, 0.25) is 18.1 Å². The minimum Gasteiger partial charge on any atom is -0.300 e. The Bertz CT molecular complexity index is 403. The van der Waals surface area contributed by atoms with Crippen molar-refractivity contribution in [1.29, 1.82) is 0 Å². The van der Waals surface area contributed by atoms with Gasteiger partial charge in [-0.1, -0.05) is 80.6 Å². The molecule has 1 nitrogen and oxygen atoms in total. The molecule has 110 valence electrons. The number of hydrogen-bond acceptors (Lipinski definition) is 1. The fourth-order valence-electron chi connectivity index (χ4n) is 3.55. The number of ketones is 1. The molecule has 2 heteroatoms. The number of carbonyl (C=O) groups excluding carboxylic acids is 1. The van der Waals surface area contributed by atoms with E-state index < -0.39 is 8.07 Å². The average Bonchev–Trinajstić information content (AvgIpc) is 2.50. The first-order valence-electron chi connectivity index (χ1n) is 8.34. The van der Waals surface area contributed by atoms with Gasteiger partial charge in [0.05, 0.1) is 8.07 Å². The van der Waals surface area contributed by atoms with Crippen LogP contribution in [-0.2, 0) is 4.79 Å². The van der Waals surface area contributed by atoms with Crippen LogP contribution in [0, 0.1) is 0 Å². The summed E-state index contributed by atoms with van der Waals surface area (Å²) >= 11 is 0. The summed E-state index contributed by atoms with van der Waals surface area (Å²) in [6, 6.07) is 14.9. The second kappa shape index (κ2) is 7.77. The lowest BCUT2D eigenvalue weighted by atomic mass is 10.2. The standard InChI is InChI=1S/C18H28OSi/c1-2-3-4-5-9-14-20(15-12-17(19)13-16-20)18-10-7-6-8-11-18/h6-8,10-11H,2-5,9,12-16H2,1H3. The topological polar surface area (TPSA) is 17.1 Å². The SMILES string of the molecule is CCCCCCC[Si]1(c2ccccc2)CCC(=O)CC1. The molecule has 0 unspecified atom stereocenters. The quantitative estimate of drug-likeness (QED) is 0.526. The zero-order valence-corrected chi connectivity index (χ0v) is 13.9. The van der Waals surface area contributed by atoms with Crippen molar-refractivity contribution in [2.45, 2.75) is 70.0 Å². The van der Waals surface area contributed by atoms with E-state index in [2.05, 4.69) is 37.3 Å². The van der Waals surface area contributed by atoms with Crippen molar-refractivity contribution in [2.75, 3.05) is 0 Å². The summed E-state index contributed by atoms with van der Waals surface area (Å²) in [7, 11) is -1.38. The van der Waals surface area contributed by atoms with E-state index >= 15 is 0 Å². The molecule has 1 fully saturated rings. The summed E-state index contributed by atoms with van der Waals surface area (Å²) in [5, 5.41) is 1.60. The molecule has 0 atom stereocenters. The van der Waals surface area contributed by atoms with E-state index in [0.717, 1.165) is 12.8 Å². The molecule has 20 heavy (non-hydrogen) atoms. The molecule has 1 aromatic carbocycles. The molecule has 0 saturated carbocycles. The molecular weight excluding hydrogens is 260 g/mol. The minimum absolute atomic E-state index is 0.495. The first-order chi connectivity index (χ1) is 9.77. The van der Waals surface area contributed by atoms with Gasteiger partial charge in [0.25, 0.3) is 0 Å². The molecule has 0 aromatic heterocycles. The van der Waals surface area contributed by atoms with Gasteiger partial charge in [0.15, 0.2) is 0 Å². The molecule has 1 aromatic rings. The Morgan fingerprint density at radius 3 is 2.25 bits per heavy atom. The zero-order chi connectivity index (χ0) is 14.3. The van der Waals surface area contributed by atoms with Crippen LogP contribution >= 0.6 is 0 Å². The van der Waals surface area contributed by atoms with Crippen molar-refractivity contribution >= 4 is 19.0 Å². The summed E-state index contributed by atoms with van der Waals surface area (Å²) in [4.78, 5) is 11.6. The van der Waals surface area contributed by atoms with Crippen LogP contribution in [-0.4, -0.2) is 13.9 Å². The molecule has 1 aliphatic heterocycles. The van der Waals surface area contributed by atoms with Crippen molar-refractivity contribution in [1.82, 2.24) is 0 Å². The van der Waals surface area contributed by atoms with Crippen molar-refractivity contribution in [3.63, 3.8) is 0 Å². The maximum Gasteiger partial charge on any atom is 0.132 e. The number of unbranched alkanes of at least 4 members (excludes halogenated alkanes) is 4. The average molecular weight is 289 g/mol. The highest BCUT2D eigenvalue weighted by molar-refractivity contribution is 6.92. The van der Waals surface area contributed by atoms with E-state index in [1.165, 1.54) is 50.2 Å². The second-order valence-corrected chi connectivity index (χ2v) is 11.0. The maximum absolute atomic E-state index is 11.6. The molecule has 1 heterocycles. The highest BCUT2D eigenvalue weighted by Crippen LogP contribution is 2.32. The third-order valence-corrected chi connectivity index (χ3v) is 10.2. The van der Waals surface area contributed by atoms with E-state index in [-0.39, 0.29) is 0 Å². The Morgan fingerprint density at radius 2 is 1.60 bits per heavy atom. The third-order valence-electron chi connectivity index (χ3n) is 4.91. The number of rotatable bonds is 7. The fourth-order valence-corrected chi connectivity index (χ4v) is 8.51.